The van der Waals surface area contributed by atoms with E-state index >= 15 is 0 Å². The Labute approximate surface area is 413 Å². The van der Waals surface area contributed by atoms with Crippen molar-refractivity contribution in [1.82, 2.24) is 19.5 Å². The van der Waals surface area contributed by atoms with Gasteiger partial charge in [-0.1, -0.05) is 135 Å². The van der Waals surface area contributed by atoms with E-state index in [1.165, 1.54) is 0 Å². The maximum atomic E-state index is 12.7. The number of hydrogen-bond donors (Lipinski definition) is 1. The molecule has 0 aliphatic carbocycles. The second kappa shape index (κ2) is 32.1. The molecule has 1 N–H and O–H groups in total. The molecule has 13 nitrogen and oxygen atoms in total. The van der Waals surface area contributed by atoms with E-state index in [0.717, 1.165) is 41.0 Å². The lowest BCUT2D eigenvalue weighted by atomic mass is 10.0. The molecule has 1 amide bonds. The second-order valence-corrected chi connectivity index (χ2v) is 18.8. The van der Waals surface area contributed by atoms with Crippen molar-refractivity contribution in [1.29, 1.82) is 0 Å². The van der Waals surface area contributed by atoms with Gasteiger partial charge in [0.1, 0.15) is 17.6 Å². The quantitative estimate of drug-likeness (QED) is 0.0683. The molecule has 1 aromatic heterocycles. The smallest absolute Gasteiger partial charge is 0.339 e. The monoisotopic (exact) mass is 973 g/mol. The van der Waals surface area contributed by atoms with Gasteiger partial charge in [-0.15, -0.1) is 0 Å². The standard InChI is InChI=1S/C19H26O5.C15H24N2O2S.C14H14N2O2.C4H6.C2H6.CH4/c1-12-8-7-9-13(2)17(12)18(22)23-11-15(20)14(3)10-16(21)24-19(4,5)6;1-4-13-11-17(12-14(5-2)16(13)3)20(18,19)15-9-7-6-8-10-15;1-2-11(9-17)16-14(18)13-12-6-4-3-5-10(12)7-8-15-13;1-3-4-2;1-2;/h7-9,14H,10-11H2,1-6H3;6-10,13-14H,4-5,11-12H2,1-3H3;3-9,11H,2H2,1H3,(H,16,18);3-4H,1-2H2;1-2H3;1H4. The first-order chi connectivity index (χ1) is 32.2. The number of carbonyl (C=O) groups excluding carboxylic acids is 5. The molecule has 2 heterocycles. The predicted octanol–water partition coefficient (Wildman–Crippen LogP) is 10.5. The lowest BCUT2D eigenvalue weighted by molar-refractivity contribution is -0.157. The summed E-state index contributed by atoms with van der Waals surface area (Å²) in [4.78, 5) is 65.6. The van der Waals surface area contributed by atoms with Gasteiger partial charge in [-0.25, -0.2) is 13.2 Å². The van der Waals surface area contributed by atoms with Crippen LogP contribution in [-0.2, 0) is 33.9 Å². The summed E-state index contributed by atoms with van der Waals surface area (Å²) in [5.41, 5.74) is 1.84. The Hall–Kier alpha value is -5.83. The molecule has 4 atom stereocenters. The number of hydrogen-bond acceptors (Lipinski definition) is 11. The number of likely N-dealkylation sites (N-methyl/N-ethyl adjacent to an activating group) is 1. The van der Waals surface area contributed by atoms with Crippen LogP contribution in [0.5, 0.6) is 0 Å². The topological polar surface area (TPSA) is 169 Å². The molecule has 1 fully saturated rings. The van der Waals surface area contributed by atoms with Crippen LogP contribution in [0, 0.1) is 19.8 Å². The Morgan fingerprint density at radius 1 is 0.855 bits per heavy atom. The molecule has 3 aromatic carbocycles. The number of ether oxygens (including phenoxy) is 2. The molecule has 14 heteroatoms. The number of amides is 1. The number of piperazine rings is 1. The zero-order chi connectivity index (χ0) is 51.6. The van der Waals surface area contributed by atoms with Crippen LogP contribution in [0.1, 0.15) is 127 Å². The highest BCUT2D eigenvalue weighted by molar-refractivity contribution is 7.89. The Morgan fingerprint density at radius 3 is 1.88 bits per heavy atom. The van der Waals surface area contributed by atoms with E-state index in [2.05, 4.69) is 49.3 Å². The maximum absolute atomic E-state index is 12.7. The normalized spacial score (nSPS) is 15.3. The van der Waals surface area contributed by atoms with E-state index in [9.17, 15) is 32.4 Å². The summed E-state index contributed by atoms with van der Waals surface area (Å²) >= 11 is 0. The molecule has 0 radical (unpaired) electrons. The van der Waals surface area contributed by atoms with Crippen molar-refractivity contribution < 1.29 is 41.9 Å². The van der Waals surface area contributed by atoms with E-state index in [1.807, 2.05) is 89.2 Å². The maximum Gasteiger partial charge on any atom is 0.339 e. The molecule has 4 aromatic rings. The van der Waals surface area contributed by atoms with Crippen molar-refractivity contribution in [3.8, 4) is 0 Å². The number of benzene rings is 3. The minimum absolute atomic E-state index is 0. The van der Waals surface area contributed by atoms with Crippen molar-refractivity contribution >= 4 is 50.7 Å². The number of aryl methyl sites for hydroxylation is 2. The first-order valence-corrected chi connectivity index (χ1v) is 24.7. The summed E-state index contributed by atoms with van der Waals surface area (Å²) in [5, 5.41) is 4.40. The van der Waals surface area contributed by atoms with Gasteiger partial charge in [-0.3, -0.25) is 24.3 Å². The molecule has 1 aliphatic heterocycles. The van der Waals surface area contributed by atoms with Gasteiger partial charge in [0.2, 0.25) is 10.0 Å². The summed E-state index contributed by atoms with van der Waals surface area (Å²) in [7, 11) is -1.26. The number of pyridine rings is 1. The summed E-state index contributed by atoms with van der Waals surface area (Å²) in [6.45, 7) is 28.2. The van der Waals surface area contributed by atoms with Gasteiger partial charge in [0, 0.05) is 42.7 Å². The zero-order valence-electron chi connectivity index (χ0n) is 42.4. The van der Waals surface area contributed by atoms with Crippen molar-refractivity contribution in [2.24, 2.45) is 5.92 Å². The van der Waals surface area contributed by atoms with Crippen molar-refractivity contribution in [2.45, 2.75) is 138 Å². The molecule has 0 bridgehead atoms. The summed E-state index contributed by atoms with van der Waals surface area (Å²) < 4.78 is 37.4. The van der Waals surface area contributed by atoms with Gasteiger partial charge in [0.25, 0.3) is 5.91 Å². The lowest BCUT2D eigenvalue weighted by Gasteiger charge is -2.44. The first kappa shape index (κ1) is 63.2. The largest absolute Gasteiger partial charge is 0.460 e. The minimum Gasteiger partial charge on any atom is -0.460 e. The van der Waals surface area contributed by atoms with E-state index < -0.39 is 39.5 Å². The molecule has 1 aliphatic rings. The van der Waals surface area contributed by atoms with Gasteiger partial charge in [-0.05, 0) is 95.6 Å². The number of nitrogens with zero attached hydrogens (tertiary/aromatic N) is 3. The zero-order valence-corrected chi connectivity index (χ0v) is 43.2. The molecule has 0 saturated carbocycles. The Kier molecular flexibility index (Phi) is 29.4. The van der Waals surface area contributed by atoms with E-state index in [4.69, 9.17) is 9.47 Å². The van der Waals surface area contributed by atoms with Gasteiger partial charge in [0.15, 0.2) is 12.4 Å². The van der Waals surface area contributed by atoms with Crippen LogP contribution in [0.25, 0.3) is 10.8 Å². The van der Waals surface area contributed by atoms with Crippen molar-refractivity contribution in [2.75, 3.05) is 26.7 Å². The summed E-state index contributed by atoms with van der Waals surface area (Å²) in [5.74, 6) is -2.15. The van der Waals surface area contributed by atoms with E-state index in [-0.39, 0.29) is 32.1 Å². The molecule has 380 valence electrons. The van der Waals surface area contributed by atoms with Crippen molar-refractivity contribution in [3.63, 3.8) is 0 Å². The SMILES string of the molecule is C.C=CC=C.CC.CCC(C=O)NC(=O)c1nccc2ccccc12.CCC1CN(S(=O)(=O)c2ccccc2)CC(CC)N1C.Cc1cccc(C)c1C(=O)OCC(=O)C(C)CC(=O)OC(C)(C)C. The number of carbonyl (C=O) groups is 5. The van der Waals surface area contributed by atoms with Crippen LogP contribution in [0.2, 0.25) is 0 Å². The highest BCUT2D eigenvalue weighted by atomic mass is 32.2. The van der Waals surface area contributed by atoms with Crippen LogP contribution in [0.4, 0.5) is 0 Å². The number of aromatic nitrogens is 1. The lowest BCUT2D eigenvalue weighted by Crippen LogP contribution is -2.57. The molecular formula is C55H80N4O9S. The predicted molar refractivity (Wildman–Crippen MR) is 280 cm³/mol. The van der Waals surface area contributed by atoms with Crippen LogP contribution >= 0.6 is 0 Å². The number of allylic oxidation sites excluding steroid dienone is 2. The van der Waals surface area contributed by atoms with Crippen molar-refractivity contribution in [3.05, 3.63) is 133 Å². The summed E-state index contributed by atoms with van der Waals surface area (Å²) in [6.07, 6.45) is 8.08. The number of Topliss-reactive ketones (excluding diaryl/α,β-unsaturated/α-hetero) is 1. The number of fused-ring (bicyclic) bond motifs is 1. The second-order valence-electron chi connectivity index (χ2n) is 16.9. The fraction of sp³-hybridized carbons (Fsp3) is 0.455. The fourth-order valence-corrected chi connectivity index (χ4v) is 8.41. The Bertz CT molecular complexity index is 2300. The Morgan fingerprint density at radius 2 is 1.39 bits per heavy atom. The average Bonchev–Trinajstić information content (AvgIpc) is 3.32. The van der Waals surface area contributed by atoms with Crippen LogP contribution in [0.15, 0.2) is 115 Å². The highest BCUT2D eigenvalue weighted by Gasteiger charge is 2.36. The molecule has 69 heavy (non-hydrogen) atoms. The molecule has 1 saturated heterocycles. The summed E-state index contributed by atoms with van der Waals surface area (Å²) in [6, 6.07) is 23.8. The van der Waals surface area contributed by atoms with Crippen LogP contribution in [0.3, 0.4) is 0 Å². The number of sulfonamides is 1. The highest BCUT2D eigenvalue weighted by Crippen LogP contribution is 2.25. The van der Waals surface area contributed by atoms with Crippen LogP contribution < -0.4 is 5.32 Å². The number of esters is 2. The van der Waals surface area contributed by atoms with Gasteiger partial charge >= 0.3 is 11.9 Å². The first-order valence-electron chi connectivity index (χ1n) is 23.3. The number of rotatable bonds is 15. The number of nitrogens with one attached hydrogen (secondary N) is 1. The van der Waals surface area contributed by atoms with E-state index in [1.54, 1.807) is 74.6 Å². The average molecular weight is 973 g/mol. The van der Waals surface area contributed by atoms with Gasteiger partial charge in [-0.2, -0.15) is 4.31 Å². The molecular weight excluding hydrogens is 893 g/mol. The van der Waals surface area contributed by atoms with Gasteiger partial charge < -0.3 is 19.6 Å². The molecule has 0 spiro atoms. The Balaban J connectivity index is 0.000000949. The van der Waals surface area contributed by atoms with Crippen LogP contribution in [-0.4, -0.2) is 103 Å². The molecule has 5 rings (SSSR count). The fourth-order valence-electron chi connectivity index (χ4n) is 6.88. The molecule has 4 unspecified atom stereocenters. The third kappa shape index (κ3) is 20.7. The minimum atomic E-state index is -3.36. The van der Waals surface area contributed by atoms with E-state index in [0.29, 0.717) is 47.7 Å². The number of aldehydes is 1. The third-order valence-electron chi connectivity index (χ3n) is 10.8. The van der Waals surface area contributed by atoms with Gasteiger partial charge in [0.05, 0.1) is 22.9 Å². The number of ketones is 1. The third-order valence-corrected chi connectivity index (χ3v) is 12.6.